The van der Waals surface area contributed by atoms with Gasteiger partial charge in [0, 0.05) is 13.1 Å². The van der Waals surface area contributed by atoms with Crippen molar-refractivity contribution in [1.29, 1.82) is 0 Å². The third kappa shape index (κ3) is 4.99. The van der Waals surface area contributed by atoms with Crippen LogP contribution in [0.3, 0.4) is 0 Å². The fourth-order valence-electron chi connectivity index (χ4n) is 2.98. The molecule has 3 rings (SSSR count). The summed E-state index contributed by atoms with van der Waals surface area (Å²) in [6.07, 6.45) is 0.0767. The molecule has 5 heteroatoms. The van der Waals surface area contributed by atoms with Gasteiger partial charge in [0.1, 0.15) is 11.9 Å². The Balaban J connectivity index is 1.40. The van der Waals surface area contributed by atoms with Crippen molar-refractivity contribution >= 4 is 6.03 Å². The molecule has 0 unspecified atom stereocenters. The minimum Gasteiger partial charge on any atom is -0.487 e. The van der Waals surface area contributed by atoms with E-state index >= 15 is 0 Å². The number of benzene rings is 2. The molecular weight excluding hydrogens is 326 g/mol. The second-order valence-electron chi connectivity index (χ2n) is 7.17. The molecule has 1 N–H and O–H groups in total. The van der Waals surface area contributed by atoms with Gasteiger partial charge in [-0.1, -0.05) is 36.4 Å². The van der Waals surface area contributed by atoms with Crippen molar-refractivity contribution in [2.45, 2.75) is 26.1 Å². The number of nitrogens with zero attached hydrogens (tertiary/aromatic N) is 2. The maximum atomic E-state index is 12.2. The van der Waals surface area contributed by atoms with Gasteiger partial charge in [-0.2, -0.15) is 0 Å². The van der Waals surface area contributed by atoms with E-state index in [1.165, 1.54) is 11.1 Å². The summed E-state index contributed by atoms with van der Waals surface area (Å²) in [7, 11) is 4.11. The number of nitrogens with one attached hydrogen (secondary N) is 1. The van der Waals surface area contributed by atoms with E-state index in [9.17, 15) is 4.79 Å². The average molecular weight is 353 g/mol. The van der Waals surface area contributed by atoms with E-state index in [1.54, 1.807) is 4.90 Å². The summed E-state index contributed by atoms with van der Waals surface area (Å²) in [4.78, 5) is 16.1. The van der Waals surface area contributed by atoms with Crippen LogP contribution in [-0.4, -0.2) is 49.1 Å². The number of carbonyl (C=O) groups excluding carboxylic acids is 1. The minimum atomic E-state index is -0.0357. The Labute approximate surface area is 155 Å². The van der Waals surface area contributed by atoms with Crippen LogP contribution in [-0.2, 0) is 13.1 Å². The van der Waals surface area contributed by atoms with Crippen molar-refractivity contribution in [3.63, 3.8) is 0 Å². The van der Waals surface area contributed by atoms with Gasteiger partial charge in [-0.05, 0) is 49.8 Å². The lowest BCUT2D eigenvalue weighted by Crippen LogP contribution is -2.58. The molecule has 1 heterocycles. The lowest BCUT2D eigenvalue weighted by atomic mass is 10.1. The van der Waals surface area contributed by atoms with Crippen LogP contribution >= 0.6 is 0 Å². The summed E-state index contributed by atoms with van der Waals surface area (Å²) >= 11 is 0. The lowest BCUT2D eigenvalue weighted by Gasteiger charge is -2.38. The second kappa shape index (κ2) is 8.23. The van der Waals surface area contributed by atoms with Gasteiger partial charge < -0.3 is 19.9 Å². The fraction of sp³-hybridized carbons (Fsp3) is 0.381. The van der Waals surface area contributed by atoms with E-state index in [0.717, 1.165) is 17.9 Å². The van der Waals surface area contributed by atoms with E-state index in [1.807, 2.05) is 31.2 Å². The zero-order chi connectivity index (χ0) is 18.5. The number of carbonyl (C=O) groups is 1. The first kappa shape index (κ1) is 18.3. The number of aryl methyl sites for hydroxylation is 1. The summed E-state index contributed by atoms with van der Waals surface area (Å²) in [6, 6.07) is 16.3. The van der Waals surface area contributed by atoms with Gasteiger partial charge in [0.2, 0.25) is 0 Å². The molecule has 5 nitrogen and oxygen atoms in total. The number of rotatable bonds is 6. The monoisotopic (exact) mass is 353 g/mol. The Morgan fingerprint density at radius 3 is 2.50 bits per heavy atom. The van der Waals surface area contributed by atoms with Crippen LogP contribution in [0.5, 0.6) is 5.75 Å². The third-order valence-corrected chi connectivity index (χ3v) is 4.39. The number of amides is 2. The predicted octanol–water partition coefficient (Wildman–Crippen LogP) is 3.03. The van der Waals surface area contributed by atoms with Gasteiger partial charge in [0.25, 0.3) is 0 Å². The van der Waals surface area contributed by atoms with Crippen LogP contribution in [0.25, 0.3) is 0 Å². The van der Waals surface area contributed by atoms with Gasteiger partial charge >= 0.3 is 6.03 Å². The SMILES string of the molecule is Cc1cccc(OC2CN(C(=O)NCc3ccc(CN(C)C)cc3)C2)c1. The minimum absolute atomic E-state index is 0.0357. The molecule has 0 radical (unpaired) electrons. The van der Waals surface area contributed by atoms with Crippen LogP contribution in [0.2, 0.25) is 0 Å². The highest BCUT2D eigenvalue weighted by molar-refractivity contribution is 5.75. The molecule has 0 aromatic heterocycles. The molecule has 1 fully saturated rings. The van der Waals surface area contributed by atoms with E-state index in [2.05, 4.69) is 48.6 Å². The molecule has 0 spiro atoms. The zero-order valence-electron chi connectivity index (χ0n) is 15.7. The van der Waals surface area contributed by atoms with E-state index in [0.29, 0.717) is 19.6 Å². The van der Waals surface area contributed by atoms with E-state index in [4.69, 9.17) is 4.74 Å². The Morgan fingerprint density at radius 1 is 1.15 bits per heavy atom. The van der Waals surface area contributed by atoms with Gasteiger partial charge in [-0.3, -0.25) is 0 Å². The van der Waals surface area contributed by atoms with E-state index < -0.39 is 0 Å². The van der Waals surface area contributed by atoms with Crippen LogP contribution in [0.15, 0.2) is 48.5 Å². The van der Waals surface area contributed by atoms with Crippen LogP contribution in [0.4, 0.5) is 4.79 Å². The van der Waals surface area contributed by atoms with Crippen molar-refractivity contribution in [3.05, 3.63) is 65.2 Å². The second-order valence-corrected chi connectivity index (χ2v) is 7.17. The molecule has 0 bridgehead atoms. The van der Waals surface area contributed by atoms with Gasteiger partial charge in [-0.25, -0.2) is 4.79 Å². The highest BCUT2D eigenvalue weighted by atomic mass is 16.5. The van der Waals surface area contributed by atoms with Crippen molar-refractivity contribution in [2.75, 3.05) is 27.2 Å². The molecule has 1 aliphatic rings. The quantitative estimate of drug-likeness (QED) is 0.868. The lowest BCUT2D eigenvalue weighted by molar-refractivity contribution is 0.0443. The normalized spacial score (nSPS) is 14.2. The van der Waals surface area contributed by atoms with Gasteiger partial charge in [0.15, 0.2) is 0 Å². The Morgan fingerprint density at radius 2 is 1.85 bits per heavy atom. The molecule has 0 atom stereocenters. The fourth-order valence-corrected chi connectivity index (χ4v) is 2.98. The third-order valence-electron chi connectivity index (χ3n) is 4.39. The summed E-state index contributed by atoms with van der Waals surface area (Å²) in [6.45, 7) is 4.76. The summed E-state index contributed by atoms with van der Waals surface area (Å²) < 4.78 is 5.89. The zero-order valence-corrected chi connectivity index (χ0v) is 15.7. The molecule has 0 aliphatic carbocycles. The highest BCUT2D eigenvalue weighted by Crippen LogP contribution is 2.19. The average Bonchev–Trinajstić information content (AvgIpc) is 2.56. The molecule has 0 saturated carbocycles. The summed E-state index contributed by atoms with van der Waals surface area (Å²) in [5.74, 6) is 0.868. The maximum Gasteiger partial charge on any atom is 0.317 e. The first-order chi connectivity index (χ1) is 12.5. The molecule has 26 heavy (non-hydrogen) atoms. The van der Waals surface area contributed by atoms with Crippen molar-refractivity contribution in [1.82, 2.24) is 15.1 Å². The van der Waals surface area contributed by atoms with Crippen molar-refractivity contribution in [2.24, 2.45) is 0 Å². The summed E-state index contributed by atoms with van der Waals surface area (Å²) in [5.41, 5.74) is 3.55. The molecular formula is C21H27N3O2. The van der Waals surface area contributed by atoms with Crippen LogP contribution in [0.1, 0.15) is 16.7 Å². The maximum absolute atomic E-state index is 12.2. The number of urea groups is 1. The predicted molar refractivity (Wildman–Crippen MR) is 103 cm³/mol. The molecule has 1 saturated heterocycles. The number of likely N-dealkylation sites (tertiary alicyclic amines) is 1. The first-order valence-corrected chi connectivity index (χ1v) is 8.98. The summed E-state index contributed by atoms with van der Waals surface area (Å²) in [5, 5.41) is 2.98. The number of hydrogen-bond acceptors (Lipinski definition) is 3. The van der Waals surface area contributed by atoms with Crippen LogP contribution in [0, 0.1) is 6.92 Å². The Kier molecular flexibility index (Phi) is 5.78. The number of ether oxygens (including phenoxy) is 1. The molecule has 138 valence electrons. The smallest absolute Gasteiger partial charge is 0.317 e. The molecule has 1 aliphatic heterocycles. The molecule has 2 amide bonds. The standard InChI is InChI=1S/C21H27N3O2/c1-16-5-4-6-19(11-16)26-20-14-24(15-20)21(25)22-12-17-7-9-18(10-8-17)13-23(2)3/h4-11,20H,12-15H2,1-3H3,(H,22,25). The molecule has 2 aromatic rings. The van der Waals surface area contributed by atoms with Gasteiger partial charge in [-0.15, -0.1) is 0 Å². The van der Waals surface area contributed by atoms with Crippen molar-refractivity contribution < 1.29 is 9.53 Å². The van der Waals surface area contributed by atoms with Crippen LogP contribution < -0.4 is 10.1 Å². The topological polar surface area (TPSA) is 44.8 Å². The first-order valence-electron chi connectivity index (χ1n) is 8.98. The number of hydrogen-bond donors (Lipinski definition) is 1. The van der Waals surface area contributed by atoms with E-state index in [-0.39, 0.29) is 12.1 Å². The Bertz CT molecular complexity index is 737. The highest BCUT2D eigenvalue weighted by Gasteiger charge is 2.32. The largest absolute Gasteiger partial charge is 0.487 e. The molecule has 2 aromatic carbocycles. The Hall–Kier alpha value is -2.53. The van der Waals surface area contributed by atoms with Gasteiger partial charge in [0.05, 0.1) is 13.1 Å². The van der Waals surface area contributed by atoms with Crippen molar-refractivity contribution in [3.8, 4) is 5.75 Å².